The average molecular weight is 407 g/mol. The van der Waals surface area contributed by atoms with Crippen LogP contribution in [-0.4, -0.2) is 22.4 Å². The Hall–Kier alpha value is -4.12. The molecule has 5 rings (SSSR count). The highest BCUT2D eigenvalue weighted by Crippen LogP contribution is 2.31. The topological polar surface area (TPSA) is 55.6 Å². The largest absolute Gasteiger partial charge is 0.495 e. The number of nitrogens with one attached hydrogen (secondary N) is 1. The number of anilines is 1. The van der Waals surface area contributed by atoms with Crippen LogP contribution < -0.4 is 10.1 Å². The summed E-state index contributed by atoms with van der Waals surface area (Å²) in [5.41, 5.74) is 4.98. The number of benzene rings is 3. The fourth-order valence-corrected chi connectivity index (χ4v) is 3.80. The first-order valence-corrected chi connectivity index (χ1v) is 10.1. The minimum absolute atomic E-state index is 0.183. The van der Waals surface area contributed by atoms with Crippen LogP contribution in [0.3, 0.4) is 0 Å². The van der Waals surface area contributed by atoms with Gasteiger partial charge in [-0.3, -0.25) is 4.79 Å². The van der Waals surface area contributed by atoms with E-state index < -0.39 is 0 Å². The molecule has 0 radical (unpaired) electrons. The third-order valence-corrected chi connectivity index (χ3v) is 5.39. The van der Waals surface area contributed by atoms with E-state index in [1.165, 1.54) is 0 Å². The molecule has 0 atom stereocenters. The number of aromatic nitrogens is 2. The molecule has 1 N–H and O–H groups in total. The van der Waals surface area contributed by atoms with E-state index in [1.807, 2.05) is 96.5 Å². The Morgan fingerprint density at radius 1 is 1.00 bits per heavy atom. The molecule has 0 aliphatic carbocycles. The molecule has 0 unspecified atom stereocenters. The van der Waals surface area contributed by atoms with Gasteiger partial charge in [0, 0.05) is 23.5 Å². The van der Waals surface area contributed by atoms with E-state index in [0.29, 0.717) is 17.0 Å². The molecular formula is C26H21N3O2. The van der Waals surface area contributed by atoms with E-state index in [9.17, 15) is 4.79 Å². The minimum Gasteiger partial charge on any atom is -0.495 e. The van der Waals surface area contributed by atoms with E-state index in [2.05, 4.69) is 5.32 Å². The lowest BCUT2D eigenvalue weighted by Gasteiger charge is -2.13. The maximum Gasteiger partial charge on any atom is 0.256 e. The van der Waals surface area contributed by atoms with Crippen molar-refractivity contribution >= 4 is 28.0 Å². The van der Waals surface area contributed by atoms with Crippen LogP contribution in [0.25, 0.3) is 27.7 Å². The van der Waals surface area contributed by atoms with Crippen molar-refractivity contribution in [3.05, 3.63) is 96.3 Å². The number of methoxy groups -OCH3 is 1. The second kappa shape index (κ2) is 7.61. The highest BCUT2D eigenvalue weighted by atomic mass is 16.5. The molecule has 5 heteroatoms. The van der Waals surface area contributed by atoms with Crippen LogP contribution >= 0.6 is 0 Å². The van der Waals surface area contributed by atoms with Gasteiger partial charge in [0.2, 0.25) is 0 Å². The molecule has 0 saturated heterocycles. The normalized spacial score (nSPS) is 11.0. The van der Waals surface area contributed by atoms with Gasteiger partial charge >= 0.3 is 0 Å². The highest BCUT2D eigenvalue weighted by Gasteiger charge is 2.14. The average Bonchev–Trinajstić information content (AvgIpc) is 3.22. The van der Waals surface area contributed by atoms with Crippen LogP contribution in [0.4, 0.5) is 5.69 Å². The van der Waals surface area contributed by atoms with E-state index in [4.69, 9.17) is 9.72 Å². The molecule has 3 aromatic carbocycles. The summed E-state index contributed by atoms with van der Waals surface area (Å²) >= 11 is 0. The Bertz CT molecular complexity index is 1430. The van der Waals surface area contributed by atoms with Gasteiger partial charge in [0.05, 0.1) is 18.5 Å². The summed E-state index contributed by atoms with van der Waals surface area (Å²) in [6.07, 6.45) is 3.97. The summed E-state index contributed by atoms with van der Waals surface area (Å²) < 4.78 is 7.48. The molecule has 0 aliphatic rings. The third kappa shape index (κ3) is 3.51. The number of nitrogens with zero attached hydrogens (tertiary/aromatic N) is 2. The number of rotatable bonds is 4. The number of carbonyl (C=O) groups excluding carboxylic acids is 1. The number of aryl methyl sites for hydroxylation is 1. The Labute approximate surface area is 179 Å². The standard InChI is InChI=1S/C26H21N3O2/c1-17-12-13-29-16-23(27-25(29)14-17)19-10-11-24(31-2)22(15-19)28-26(30)21-9-5-7-18-6-3-4-8-20(18)21/h3-16H,1-2H3,(H,28,30). The van der Waals surface area contributed by atoms with Crippen molar-refractivity contribution < 1.29 is 9.53 Å². The van der Waals surface area contributed by atoms with Crippen molar-refractivity contribution in [2.45, 2.75) is 6.92 Å². The molecule has 31 heavy (non-hydrogen) atoms. The van der Waals surface area contributed by atoms with E-state index in [-0.39, 0.29) is 5.91 Å². The van der Waals surface area contributed by atoms with Crippen molar-refractivity contribution in [1.82, 2.24) is 9.38 Å². The summed E-state index contributed by atoms with van der Waals surface area (Å²) in [5.74, 6) is 0.412. The lowest BCUT2D eigenvalue weighted by atomic mass is 10.0. The quantitative estimate of drug-likeness (QED) is 0.414. The number of hydrogen-bond acceptors (Lipinski definition) is 3. The van der Waals surface area contributed by atoms with E-state index in [0.717, 1.165) is 33.2 Å². The van der Waals surface area contributed by atoms with Crippen molar-refractivity contribution in [2.75, 3.05) is 12.4 Å². The number of pyridine rings is 1. The molecule has 0 fully saturated rings. The molecule has 2 aromatic heterocycles. The van der Waals surface area contributed by atoms with Crippen molar-refractivity contribution in [3.63, 3.8) is 0 Å². The number of fused-ring (bicyclic) bond motifs is 2. The summed E-state index contributed by atoms with van der Waals surface area (Å²) in [7, 11) is 1.59. The van der Waals surface area contributed by atoms with Gasteiger partial charge in [-0.05, 0) is 59.7 Å². The molecule has 152 valence electrons. The van der Waals surface area contributed by atoms with Crippen LogP contribution in [0, 0.1) is 6.92 Å². The number of hydrogen-bond donors (Lipinski definition) is 1. The summed E-state index contributed by atoms with van der Waals surface area (Å²) in [5, 5.41) is 4.96. The van der Waals surface area contributed by atoms with Gasteiger partial charge in [-0.1, -0.05) is 36.4 Å². The van der Waals surface area contributed by atoms with Crippen LogP contribution in [0.15, 0.2) is 85.2 Å². The minimum atomic E-state index is -0.183. The fraction of sp³-hybridized carbons (Fsp3) is 0.0769. The van der Waals surface area contributed by atoms with Gasteiger partial charge in [0.25, 0.3) is 5.91 Å². The molecular weight excluding hydrogens is 386 g/mol. The predicted molar refractivity (Wildman–Crippen MR) is 124 cm³/mol. The predicted octanol–water partition coefficient (Wildman–Crippen LogP) is 5.72. The first kappa shape index (κ1) is 18.9. The molecule has 0 saturated carbocycles. The summed E-state index contributed by atoms with van der Waals surface area (Å²) in [6, 6.07) is 23.4. The summed E-state index contributed by atoms with van der Waals surface area (Å²) in [4.78, 5) is 17.9. The Morgan fingerprint density at radius 2 is 1.84 bits per heavy atom. The monoisotopic (exact) mass is 407 g/mol. The number of imidazole rings is 1. The van der Waals surface area contributed by atoms with Crippen LogP contribution in [0.1, 0.15) is 15.9 Å². The van der Waals surface area contributed by atoms with Crippen molar-refractivity contribution in [2.24, 2.45) is 0 Å². The molecule has 5 nitrogen and oxygen atoms in total. The molecule has 0 bridgehead atoms. The lowest BCUT2D eigenvalue weighted by Crippen LogP contribution is -2.13. The van der Waals surface area contributed by atoms with Gasteiger partial charge in [0.15, 0.2) is 0 Å². The van der Waals surface area contributed by atoms with Gasteiger partial charge < -0.3 is 14.5 Å². The molecule has 2 heterocycles. The molecule has 1 amide bonds. The lowest BCUT2D eigenvalue weighted by molar-refractivity contribution is 0.102. The maximum atomic E-state index is 13.1. The zero-order valence-corrected chi connectivity index (χ0v) is 17.3. The SMILES string of the molecule is COc1ccc(-c2cn3ccc(C)cc3n2)cc1NC(=O)c1cccc2ccccc12. The fourth-order valence-electron chi connectivity index (χ4n) is 3.80. The Kier molecular flexibility index (Phi) is 4.64. The van der Waals surface area contributed by atoms with E-state index >= 15 is 0 Å². The molecule has 5 aromatic rings. The second-order valence-corrected chi connectivity index (χ2v) is 7.49. The second-order valence-electron chi connectivity index (χ2n) is 7.49. The van der Waals surface area contributed by atoms with Crippen molar-refractivity contribution in [3.8, 4) is 17.0 Å². The Balaban J connectivity index is 1.53. The first-order valence-electron chi connectivity index (χ1n) is 10.1. The van der Waals surface area contributed by atoms with E-state index in [1.54, 1.807) is 7.11 Å². The number of amides is 1. The summed E-state index contributed by atoms with van der Waals surface area (Å²) in [6.45, 7) is 2.04. The van der Waals surface area contributed by atoms with Gasteiger partial charge in [0.1, 0.15) is 11.4 Å². The zero-order valence-electron chi connectivity index (χ0n) is 17.3. The molecule has 0 aliphatic heterocycles. The highest BCUT2D eigenvalue weighted by molar-refractivity contribution is 6.13. The van der Waals surface area contributed by atoms with Crippen LogP contribution in [-0.2, 0) is 0 Å². The van der Waals surface area contributed by atoms with Crippen LogP contribution in [0.2, 0.25) is 0 Å². The molecule has 0 spiro atoms. The zero-order chi connectivity index (χ0) is 21.4. The van der Waals surface area contributed by atoms with Gasteiger partial charge in [-0.25, -0.2) is 4.98 Å². The first-order chi connectivity index (χ1) is 15.1. The van der Waals surface area contributed by atoms with Gasteiger partial charge in [-0.2, -0.15) is 0 Å². The van der Waals surface area contributed by atoms with Crippen LogP contribution in [0.5, 0.6) is 5.75 Å². The van der Waals surface area contributed by atoms with Gasteiger partial charge in [-0.15, -0.1) is 0 Å². The Morgan fingerprint density at radius 3 is 2.71 bits per heavy atom. The third-order valence-electron chi connectivity index (χ3n) is 5.39. The smallest absolute Gasteiger partial charge is 0.256 e. The maximum absolute atomic E-state index is 13.1. The van der Waals surface area contributed by atoms with Crippen molar-refractivity contribution in [1.29, 1.82) is 0 Å². The number of ether oxygens (including phenoxy) is 1. The number of carbonyl (C=O) groups is 1.